The van der Waals surface area contributed by atoms with E-state index < -0.39 is 11.7 Å². The number of halogens is 2. The molecule has 1 aliphatic heterocycles. The lowest BCUT2D eigenvalue weighted by Gasteiger charge is -2.30. The highest BCUT2D eigenvalue weighted by atomic mass is 127. The lowest BCUT2D eigenvalue weighted by atomic mass is 10.1. The van der Waals surface area contributed by atoms with Crippen molar-refractivity contribution in [3.8, 4) is 0 Å². The molecule has 1 N–H and O–H groups in total. The monoisotopic (exact) mass is 721 g/mol. The molecule has 1 aliphatic rings. The number of benzene rings is 2. The average molecular weight is 722 g/mol. The van der Waals surface area contributed by atoms with E-state index in [1.807, 2.05) is 58.8 Å². The highest BCUT2D eigenvalue weighted by Gasteiger charge is 2.27. The fourth-order valence-corrected chi connectivity index (χ4v) is 5.91. The van der Waals surface area contributed by atoms with Gasteiger partial charge in [0.15, 0.2) is 0 Å². The molecule has 3 aromatic rings. The van der Waals surface area contributed by atoms with Gasteiger partial charge >= 0.3 is 6.09 Å². The molecule has 238 valence electrons. The third-order valence-corrected chi connectivity index (χ3v) is 8.35. The first-order valence-corrected chi connectivity index (χ1v) is 15.7. The van der Waals surface area contributed by atoms with E-state index in [1.54, 1.807) is 27.6 Å². The van der Waals surface area contributed by atoms with Crippen molar-refractivity contribution in [2.45, 2.75) is 53.3 Å². The van der Waals surface area contributed by atoms with E-state index in [0.29, 0.717) is 25.3 Å². The molecule has 0 unspecified atom stereocenters. The van der Waals surface area contributed by atoms with Crippen molar-refractivity contribution in [2.75, 3.05) is 44.7 Å². The van der Waals surface area contributed by atoms with Gasteiger partial charge in [0.1, 0.15) is 15.1 Å². The zero-order valence-corrected chi connectivity index (χ0v) is 28.6. The second-order valence-corrected chi connectivity index (χ2v) is 13.0. The SMILES string of the molecule is CCN(CCN(C(=O)CNCC(=O)N(C)N1Cc2ccc(F)cc2C1)c1cc2c(cc1C)c(I)nn2C)C(=O)OC(C)(C)C. The summed E-state index contributed by atoms with van der Waals surface area (Å²) < 4.78 is 21.9. The van der Waals surface area contributed by atoms with E-state index in [2.05, 4.69) is 33.0 Å². The standard InChI is InChI=1S/C31H41FIN7O4/c1-8-38(30(43)44-31(3,4)5)11-12-40(25-15-26-24(13-20(25)2)29(33)35-36(26)6)28(42)17-34-16-27(41)37(7)39-18-21-9-10-23(32)14-22(21)19-39/h9-10,13-15,34H,8,11-12,16-19H2,1-7H3. The molecule has 0 bridgehead atoms. The number of amides is 3. The largest absolute Gasteiger partial charge is 0.444 e. The Bertz CT molecular complexity index is 1550. The van der Waals surface area contributed by atoms with Gasteiger partial charge < -0.3 is 14.5 Å². The summed E-state index contributed by atoms with van der Waals surface area (Å²) in [5, 5.41) is 11.9. The molecule has 0 fully saturated rings. The molecule has 0 radical (unpaired) electrons. The zero-order valence-electron chi connectivity index (χ0n) is 26.4. The Morgan fingerprint density at radius 3 is 2.43 bits per heavy atom. The van der Waals surface area contributed by atoms with Crippen LogP contribution < -0.4 is 10.2 Å². The normalized spacial score (nSPS) is 13.2. The number of anilines is 1. The van der Waals surface area contributed by atoms with Crippen molar-refractivity contribution in [2.24, 2.45) is 7.05 Å². The number of carbonyl (C=O) groups is 3. The van der Waals surface area contributed by atoms with Crippen LogP contribution in [-0.2, 0) is 34.5 Å². The minimum atomic E-state index is -0.643. The summed E-state index contributed by atoms with van der Waals surface area (Å²) in [5.41, 5.74) is 3.66. The Kier molecular flexibility index (Phi) is 10.5. The molecule has 4 rings (SSSR count). The fraction of sp³-hybridized carbons (Fsp3) is 0.484. The predicted octanol–water partition coefficient (Wildman–Crippen LogP) is 4.19. The first kappa shape index (κ1) is 33.6. The van der Waals surface area contributed by atoms with Gasteiger partial charge in [-0.05, 0) is 98.2 Å². The van der Waals surface area contributed by atoms with Crippen LogP contribution in [0.2, 0.25) is 0 Å². The average Bonchev–Trinajstić information content (AvgIpc) is 3.48. The maximum atomic E-state index is 13.7. The maximum absolute atomic E-state index is 13.7. The van der Waals surface area contributed by atoms with Gasteiger partial charge in [-0.3, -0.25) is 24.6 Å². The van der Waals surface area contributed by atoms with Crippen molar-refractivity contribution in [1.29, 1.82) is 0 Å². The first-order valence-electron chi connectivity index (χ1n) is 14.6. The topological polar surface area (TPSA) is 103 Å². The van der Waals surface area contributed by atoms with Crippen LogP contribution in [-0.4, -0.2) is 88.0 Å². The van der Waals surface area contributed by atoms with Crippen molar-refractivity contribution < 1.29 is 23.5 Å². The van der Waals surface area contributed by atoms with Crippen LogP contribution in [0.25, 0.3) is 10.9 Å². The molecular formula is C31H41FIN7O4. The highest BCUT2D eigenvalue weighted by molar-refractivity contribution is 14.1. The van der Waals surface area contributed by atoms with Gasteiger partial charge in [0.05, 0.1) is 18.6 Å². The van der Waals surface area contributed by atoms with Crippen LogP contribution in [0.5, 0.6) is 0 Å². The Balaban J connectivity index is 1.46. The van der Waals surface area contributed by atoms with Gasteiger partial charge in [0.2, 0.25) is 5.91 Å². The van der Waals surface area contributed by atoms with E-state index in [4.69, 9.17) is 4.74 Å². The number of ether oxygens (including phenoxy) is 1. The quantitative estimate of drug-likeness (QED) is 0.314. The van der Waals surface area contributed by atoms with E-state index in [1.165, 1.54) is 17.1 Å². The fourth-order valence-electron chi connectivity index (χ4n) is 5.16. The summed E-state index contributed by atoms with van der Waals surface area (Å²) in [7, 11) is 3.53. The lowest BCUT2D eigenvalue weighted by Crippen LogP contribution is -2.48. The van der Waals surface area contributed by atoms with Gasteiger partial charge in [-0.1, -0.05) is 6.07 Å². The molecule has 13 heteroatoms. The molecule has 11 nitrogen and oxygen atoms in total. The minimum absolute atomic E-state index is 0.0613. The number of nitrogens with zero attached hydrogens (tertiary/aromatic N) is 6. The Labute approximate surface area is 271 Å². The number of fused-ring (bicyclic) bond motifs is 2. The molecular weight excluding hydrogens is 680 g/mol. The number of likely N-dealkylation sites (N-methyl/N-ethyl adjacent to an activating group) is 2. The highest BCUT2D eigenvalue weighted by Crippen LogP contribution is 2.29. The predicted molar refractivity (Wildman–Crippen MR) is 175 cm³/mol. The number of rotatable bonds is 10. The number of hydrazine groups is 1. The second kappa shape index (κ2) is 13.8. The molecule has 0 aliphatic carbocycles. The molecule has 3 amide bonds. The number of hydrogen-bond donors (Lipinski definition) is 1. The van der Waals surface area contributed by atoms with Crippen LogP contribution in [0, 0.1) is 16.4 Å². The third-order valence-electron chi connectivity index (χ3n) is 7.55. The number of hydrogen-bond acceptors (Lipinski definition) is 7. The lowest BCUT2D eigenvalue weighted by molar-refractivity contribution is -0.145. The van der Waals surface area contributed by atoms with E-state index in [-0.39, 0.29) is 43.8 Å². The first-order chi connectivity index (χ1) is 20.7. The summed E-state index contributed by atoms with van der Waals surface area (Å²) in [6, 6.07) is 8.60. The molecule has 2 heterocycles. The molecule has 1 aromatic heterocycles. The summed E-state index contributed by atoms with van der Waals surface area (Å²) in [4.78, 5) is 42.8. The number of nitrogens with one attached hydrogen (secondary N) is 1. The van der Waals surface area contributed by atoms with Gasteiger partial charge in [0, 0.05) is 57.9 Å². The minimum Gasteiger partial charge on any atom is -0.444 e. The molecule has 0 spiro atoms. The zero-order chi connectivity index (χ0) is 32.3. The van der Waals surface area contributed by atoms with Crippen LogP contribution in [0.4, 0.5) is 14.9 Å². The number of carbonyl (C=O) groups excluding carboxylic acids is 3. The van der Waals surface area contributed by atoms with Crippen LogP contribution in [0.3, 0.4) is 0 Å². The van der Waals surface area contributed by atoms with Crippen molar-refractivity contribution in [3.63, 3.8) is 0 Å². The number of aryl methyl sites for hydroxylation is 2. The van der Waals surface area contributed by atoms with Crippen LogP contribution in [0.15, 0.2) is 30.3 Å². The summed E-state index contributed by atoms with van der Waals surface area (Å²) in [6.45, 7) is 10.9. The summed E-state index contributed by atoms with van der Waals surface area (Å²) in [6.07, 6.45) is -0.445. The molecule has 0 saturated carbocycles. The van der Waals surface area contributed by atoms with Gasteiger partial charge in [0.25, 0.3) is 5.91 Å². The van der Waals surface area contributed by atoms with E-state index in [9.17, 15) is 18.8 Å². The number of aromatic nitrogens is 2. The molecule has 44 heavy (non-hydrogen) atoms. The van der Waals surface area contributed by atoms with E-state index >= 15 is 0 Å². The third kappa shape index (κ3) is 7.85. The smallest absolute Gasteiger partial charge is 0.410 e. The van der Waals surface area contributed by atoms with Crippen LogP contribution >= 0.6 is 22.6 Å². The Morgan fingerprint density at radius 2 is 1.75 bits per heavy atom. The van der Waals surface area contributed by atoms with Gasteiger partial charge in [-0.25, -0.2) is 14.2 Å². The van der Waals surface area contributed by atoms with Gasteiger partial charge in [-0.15, -0.1) is 0 Å². The van der Waals surface area contributed by atoms with E-state index in [0.717, 1.165) is 31.3 Å². The van der Waals surface area contributed by atoms with Crippen molar-refractivity contribution >= 4 is 57.1 Å². The van der Waals surface area contributed by atoms with Crippen LogP contribution in [0.1, 0.15) is 44.4 Å². The van der Waals surface area contributed by atoms with Crippen molar-refractivity contribution in [1.82, 2.24) is 30.0 Å². The maximum Gasteiger partial charge on any atom is 0.410 e. The summed E-state index contributed by atoms with van der Waals surface area (Å²) in [5.74, 6) is -0.768. The molecule has 0 atom stereocenters. The summed E-state index contributed by atoms with van der Waals surface area (Å²) >= 11 is 2.19. The Hall–Kier alpha value is -3.30. The van der Waals surface area contributed by atoms with Crippen molar-refractivity contribution in [3.05, 3.63) is 56.5 Å². The molecule has 0 saturated heterocycles. The van der Waals surface area contributed by atoms with Gasteiger partial charge in [-0.2, -0.15) is 5.10 Å². The second-order valence-electron chi connectivity index (χ2n) is 11.9. The Morgan fingerprint density at radius 1 is 1.07 bits per heavy atom. The molecule has 2 aromatic carbocycles.